The monoisotopic (exact) mass is 444 g/mol. The van der Waals surface area contributed by atoms with Crippen LogP contribution in [0.5, 0.6) is 0 Å². The summed E-state index contributed by atoms with van der Waals surface area (Å²) in [4.78, 5) is 0. The maximum Gasteiger partial charge on any atom is 0.200 e. The summed E-state index contributed by atoms with van der Waals surface area (Å²) in [6.07, 6.45) is 16.4. The molecule has 0 amide bonds. The smallest absolute Gasteiger partial charge is 0.200 e. The fraction of sp³-hybridized carbons (Fsp3) is 0.724. The highest BCUT2D eigenvalue weighted by molar-refractivity contribution is 6.77. The number of allylic oxidation sites excluding steroid dienone is 8. The Balaban J connectivity index is 2.65. The van der Waals surface area contributed by atoms with Crippen molar-refractivity contribution in [1.82, 2.24) is 0 Å². The Morgan fingerprint density at radius 2 is 1.61 bits per heavy atom. The van der Waals surface area contributed by atoms with Crippen molar-refractivity contribution < 1.29 is 4.43 Å². The molecule has 1 atom stereocenters. The molecule has 31 heavy (non-hydrogen) atoms. The molecule has 2 heteroatoms. The lowest BCUT2D eigenvalue weighted by Gasteiger charge is -2.42. The van der Waals surface area contributed by atoms with Crippen LogP contribution in [0.2, 0.25) is 16.6 Å². The van der Waals surface area contributed by atoms with Gasteiger partial charge in [-0.25, -0.2) is 0 Å². The molecule has 0 heterocycles. The van der Waals surface area contributed by atoms with E-state index >= 15 is 0 Å². The Labute approximate surface area is 196 Å². The molecule has 0 N–H and O–H groups in total. The van der Waals surface area contributed by atoms with Gasteiger partial charge in [0.05, 0.1) is 0 Å². The van der Waals surface area contributed by atoms with Gasteiger partial charge in [0.15, 0.2) is 8.32 Å². The lowest BCUT2D eigenvalue weighted by atomic mass is 9.72. The first-order valence-electron chi connectivity index (χ1n) is 12.7. The highest BCUT2D eigenvalue weighted by Gasteiger charge is 2.44. The van der Waals surface area contributed by atoms with Gasteiger partial charge in [-0.3, -0.25) is 0 Å². The normalized spacial score (nSPS) is 19.6. The van der Waals surface area contributed by atoms with Crippen LogP contribution in [-0.2, 0) is 4.43 Å². The third-order valence-corrected chi connectivity index (χ3v) is 13.6. The van der Waals surface area contributed by atoms with E-state index in [0.29, 0.717) is 28.0 Å². The van der Waals surface area contributed by atoms with Crippen molar-refractivity contribution in [3.05, 3.63) is 47.1 Å². The fourth-order valence-electron chi connectivity index (χ4n) is 5.70. The molecule has 0 radical (unpaired) electrons. The maximum atomic E-state index is 6.72. The second-order valence-electron chi connectivity index (χ2n) is 11.5. The first-order valence-corrected chi connectivity index (χ1v) is 14.9. The highest BCUT2D eigenvalue weighted by atomic mass is 28.4. The molecule has 1 nitrogen and oxygen atoms in total. The average Bonchev–Trinajstić information content (AvgIpc) is 2.63. The van der Waals surface area contributed by atoms with Crippen LogP contribution in [0, 0.1) is 11.3 Å². The van der Waals surface area contributed by atoms with Gasteiger partial charge < -0.3 is 4.43 Å². The lowest BCUT2D eigenvalue weighted by Crippen LogP contribution is -2.48. The van der Waals surface area contributed by atoms with Crippen molar-refractivity contribution >= 4 is 8.32 Å². The van der Waals surface area contributed by atoms with Crippen LogP contribution in [0.1, 0.15) is 102 Å². The zero-order valence-corrected chi connectivity index (χ0v) is 23.6. The summed E-state index contributed by atoms with van der Waals surface area (Å²) in [6, 6.07) is 0. The van der Waals surface area contributed by atoms with Crippen LogP contribution < -0.4 is 0 Å². The molecule has 178 valence electrons. The van der Waals surface area contributed by atoms with Gasteiger partial charge >= 0.3 is 0 Å². The van der Waals surface area contributed by atoms with E-state index in [2.05, 4.69) is 107 Å². The van der Waals surface area contributed by atoms with Gasteiger partial charge in [-0.2, -0.15) is 0 Å². The Morgan fingerprint density at radius 3 is 2.13 bits per heavy atom. The Hall–Kier alpha value is -0.863. The summed E-state index contributed by atoms with van der Waals surface area (Å²) in [6.45, 7) is 26.6. The van der Waals surface area contributed by atoms with Crippen LogP contribution >= 0.6 is 0 Å². The fourth-order valence-corrected chi connectivity index (χ4v) is 11.2. The van der Waals surface area contributed by atoms with Crippen molar-refractivity contribution in [2.24, 2.45) is 11.3 Å². The second-order valence-corrected chi connectivity index (χ2v) is 17.0. The number of hydrogen-bond donors (Lipinski definition) is 0. The van der Waals surface area contributed by atoms with Gasteiger partial charge in [0.1, 0.15) is 0 Å². The predicted molar refractivity (Wildman–Crippen MR) is 143 cm³/mol. The Morgan fingerprint density at radius 1 is 1.03 bits per heavy atom. The van der Waals surface area contributed by atoms with E-state index in [1.54, 1.807) is 5.57 Å². The molecule has 0 aromatic heterocycles. The predicted octanol–water partition coefficient (Wildman–Crippen LogP) is 9.79. The van der Waals surface area contributed by atoms with Gasteiger partial charge in [-0.1, -0.05) is 104 Å². The SMILES string of the molecule is CC1=C(/C=C/C(C)=C/C=C/[C@H](C)CCO[Si](C(C)C)(C(C)C)C(C)C)C(C)(C)CCC1. The van der Waals surface area contributed by atoms with Crippen molar-refractivity contribution in [1.29, 1.82) is 0 Å². The van der Waals surface area contributed by atoms with Crippen molar-refractivity contribution in [3.63, 3.8) is 0 Å². The van der Waals surface area contributed by atoms with Crippen molar-refractivity contribution in [3.8, 4) is 0 Å². The molecule has 0 aromatic carbocycles. The zero-order chi connectivity index (χ0) is 23.8. The summed E-state index contributed by atoms with van der Waals surface area (Å²) in [5, 5.41) is 0. The van der Waals surface area contributed by atoms with Crippen LogP contribution in [0.15, 0.2) is 47.1 Å². The second kappa shape index (κ2) is 12.4. The van der Waals surface area contributed by atoms with E-state index in [4.69, 9.17) is 4.43 Å². The number of rotatable bonds is 11. The van der Waals surface area contributed by atoms with Crippen LogP contribution in [-0.4, -0.2) is 14.9 Å². The molecule has 0 fully saturated rings. The van der Waals surface area contributed by atoms with Gasteiger partial charge in [-0.05, 0) is 73.1 Å². The summed E-state index contributed by atoms with van der Waals surface area (Å²) in [7, 11) is -1.74. The van der Waals surface area contributed by atoms with Gasteiger partial charge in [0, 0.05) is 6.61 Å². The molecular weight excluding hydrogens is 392 g/mol. The summed E-state index contributed by atoms with van der Waals surface area (Å²) in [5.41, 5.74) is 6.69. The Bertz CT molecular complexity index is 651. The van der Waals surface area contributed by atoms with Gasteiger partial charge in [0.2, 0.25) is 0 Å². The van der Waals surface area contributed by atoms with E-state index in [1.807, 2.05) is 0 Å². The molecule has 0 aliphatic heterocycles. The Kier molecular flexibility index (Phi) is 11.3. The summed E-state index contributed by atoms with van der Waals surface area (Å²) < 4.78 is 6.72. The van der Waals surface area contributed by atoms with Gasteiger partial charge in [-0.15, -0.1) is 0 Å². The minimum Gasteiger partial charge on any atom is -0.416 e. The standard InChI is InChI=1S/C29H52OSi/c1-22(2)31(23(3)4,24(5)6)30-21-19-26(8)15-12-14-25(7)17-18-28-27(9)16-13-20-29(28,10)11/h12,14-15,17-18,22-24,26H,13,16,19-21H2,1-11H3/b15-12+,18-17+,25-14+/t26-/m0/s1. The van der Waals surface area contributed by atoms with E-state index in [-0.39, 0.29) is 0 Å². The van der Waals surface area contributed by atoms with Crippen LogP contribution in [0.4, 0.5) is 0 Å². The number of hydrogen-bond acceptors (Lipinski definition) is 1. The first-order chi connectivity index (χ1) is 14.3. The molecule has 0 saturated heterocycles. The molecule has 1 aliphatic rings. The largest absolute Gasteiger partial charge is 0.416 e. The first kappa shape index (κ1) is 28.2. The van der Waals surface area contributed by atoms with Crippen molar-refractivity contribution in [2.75, 3.05) is 6.61 Å². The van der Waals surface area contributed by atoms with E-state index < -0.39 is 8.32 Å². The average molecular weight is 445 g/mol. The van der Waals surface area contributed by atoms with Crippen LogP contribution in [0.3, 0.4) is 0 Å². The molecule has 1 aliphatic carbocycles. The van der Waals surface area contributed by atoms with E-state index in [9.17, 15) is 0 Å². The van der Waals surface area contributed by atoms with Gasteiger partial charge in [0.25, 0.3) is 0 Å². The molecule has 0 saturated carbocycles. The zero-order valence-electron chi connectivity index (χ0n) is 22.6. The summed E-state index contributed by atoms with van der Waals surface area (Å²) >= 11 is 0. The molecule has 0 spiro atoms. The molecule has 0 unspecified atom stereocenters. The quantitative estimate of drug-likeness (QED) is 0.227. The topological polar surface area (TPSA) is 9.23 Å². The van der Waals surface area contributed by atoms with Crippen LogP contribution in [0.25, 0.3) is 0 Å². The van der Waals surface area contributed by atoms with Crippen molar-refractivity contribution in [2.45, 2.75) is 118 Å². The molecule has 0 aromatic rings. The third kappa shape index (κ3) is 7.89. The molecular formula is C29H52OSi. The maximum absolute atomic E-state index is 6.72. The highest BCUT2D eigenvalue weighted by Crippen LogP contribution is 2.42. The third-order valence-electron chi connectivity index (χ3n) is 7.49. The minimum absolute atomic E-state index is 0.309. The summed E-state index contributed by atoms with van der Waals surface area (Å²) in [5.74, 6) is 0.536. The lowest BCUT2D eigenvalue weighted by molar-refractivity contribution is 0.260. The molecule has 1 rings (SSSR count). The van der Waals surface area contributed by atoms with E-state index in [0.717, 1.165) is 13.0 Å². The van der Waals surface area contributed by atoms with E-state index in [1.165, 1.54) is 30.4 Å². The molecule has 0 bridgehead atoms. The minimum atomic E-state index is -1.74.